The highest BCUT2D eigenvalue weighted by Crippen LogP contribution is 2.28. The average molecular weight is 387 g/mol. The van der Waals surface area contributed by atoms with Gasteiger partial charge in [0.2, 0.25) is 0 Å². The van der Waals surface area contributed by atoms with Crippen LogP contribution in [0.1, 0.15) is 0 Å². The van der Waals surface area contributed by atoms with Gasteiger partial charge in [0.1, 0.15) is 5.52 Å². The Morgan fingerprint density at radius 2 is 2.32 bits per heavy atom. The van der Waals surface area contributed by atoms with Crippen LogP contribution in [0.25, 0.3) is 11.0 Å². The summed E-state index contributed by atoms with van der Waals surface area (Å²) in [5, 5.41) is 0.882. The topological polar surface area (TPSA) is 38.2 Å². The third-order valence-corrected chi connectivity index (χ3v) is 4.42. The number of fused-ring (bicyclic) bond motifs is 1. The number of alkyl halides is 1. The quantitative estimate of drug-likeness (QED) is 0.743. The SMILES string of the molecule is BrCC1COCCN1c1ccnc2cc(Br)cnc12. The molecule has 19 heavy (non-hydrogen) atoms. The van der Waals surface area contributed by atoms with Crippen LogP contribution >= 0.6 is 31.9 Å². The van der Waals surface area contributed by atoms with E-state index < -0.39 is 0 Å². The Kier molecular flexibility index (Phi) is 4.00. The molecule has 0 N–H and O–H groups in total. The zero-order chi connectivity index (χ0) is 13.2. The van der Waals surface area contributed by atoms with Crippen molar-refractivity contribution in [2.45, 2.75) is 6.04 Å². The van der Waals surface area contributed by atoms with Gasteiger partial charge in [-0.05, 0) is 28.1 Å². The van der Waals surface area contributed by atoms with E-state index in [4.69, 9.17) is 4.74 Å². The maximum Gasteiger partial charge on any atom is 0.112 e. The molecule has 1 fully saturated rings. The summed E-state index contributed by atoms with van der Waals surface area (Å²) in [7, 11) is 0. The van der Waals surface area contributed by atoms with Gasteiger partial charge >= 0.3 is 0 Å². The van der Waals surface area contributed by atoms with Crippen LogP contribution < -0.4 is 4.90 Å². The molecule has 1 aliphatic rings. The third-order valence-electron chi connectivity index (χ3n) is 3.24. The molecule has 0 radical (unpaired) electrons. The fourth-order valence-electron chi connectivity index (χ4n) is 2.32. The number of hydrogen-bond acceptors (Lipinski definition) is 4. The minimum Gasteiger partial charge on any atom is -0.377 e. The Bertz CT molecular complexity index is 593. The standard InChI is InChI=1S/C13H13Br2N3O/c14-6-10-8-19-4-3-18(10)12-1-2-16-11-5-9(15)7-17-13(11)12/h1-2,5,7,10H,3-4,6,8H2. The first-order chi connectivity index (χ1) is 9.29. The molecule has 0 aliphatic carbocycles. The number of hydrogen-bond donors (Lipinski definition) is 0. The first-order valence-corrected chi connectivity index (χ1v) is 8.01. The smallest absolute Gasteiger partial charge is 0.112 e. The molecule has 1 aliphatic heterocycles. The molecule has 0 aromatic carbocycles. The summed E-state index contributed by atoms with van der Waals surface area (Å²) < 4.78 is 6.49. The zero-order valence-electron chi connectivity index (χ0n) is 10.2. The van der Waals surface area contributed by atoms with Gasteiger partial charge in [-0.25, -0.2) is 0 Å². The highest BCUT2D eigenvalue weighted by Gasteiger charge is 2.24. The largest absolute Gasteiger partial charge is 0.377 e. The average Bonchev–Trinajstić information content (AvgIpc) is 2.46. The van der Waals surface area contributed by atoms with Gasteiger partial charge in [-0.15, -0.1) is 0 Å². The minimum absolute atomic E-state index is 0.338. The van der Waals surface area contributed by atoms with E-state index in [1.54, 1.807) is 0 Å². The number of nitrogens with zero attached hydrogens (tertiary/aromatic N) is 3. The first kappa shape index (κ1) is 13.3. The molecule has 2 aromatic rings. The molecule has 3 rings (SSSR count). The molecule has 0 bridgehead atoms. The molecule has 2 aromatic heterocycles. The van der Waals surface area contributed by atoms with Crippen LogP contribution in [0.4, 0.5) is 5.69 Å². The van der Waals surface area contributed by atoms with Crippen molar-refractivity contribution in [3.8, 4) is 0 Å². The molecule has 0 saturated carbocycles. The van der Waals surface area contributed by atoms with Crippen molar-refractivity contribution in [1.82, 2.24) is 9.97 Å². The van der Waals surface area contributed by atoms with Gasteiger partial charge in [-0.2, -0.15) is 0 Å². The minimum atomic E-state index is 0.338. The second kappa shape index (κ2) is 5.73. The Labute approximate surface area is 128 Å². The van der Waals surface area contributed by atoms with Gasteiger partial charge in [0, 0.05) is 28.7 Å². The fourth-order valence-corrected chi connectivity index (χ4v) is 3.18. The fraction of sp³-hybridized carbons (Fsp3) is 0.385. The van der Waals surface area contributed by atoms with Crippen molar-refractivity contribution in [2.75, 3.05) is 30.0 Å². The van der Waals surface area contributed by atoms with E-state index in [-0.39, 0.29) is 0 Å². The Balaban J connectivity index is 2.08. The number of pyridine rings is 2. The van der Waals surface area contributed by atoms with Crippen LogP contribution in [0.5, 0.6) is 0 Å². The summed E-state index contributed by atoms with van der Waals surface area (Å²) in [6.07, 6.45) is 3.66. The maximum atomic E-state index is 5.54. The van der Waals surface area contributed by atoms with Gasteiger partial charge in [-0.3, -0.25) is 9.97 Å². The lowest BCUT2D eigenvalue weighted by Crippen LogP contribution is -2.46. The summed E-state index contributed by atoms with van der Waals surface area (Å²) in [5.74, 6) is 0. The Morgan fingerprint density at radius 1 is 1.42 bits per heavy atom. The molecular weight excluding hydrogens is 374 g/mol. The van der Waals surface area contributed by atoms with Crippen LogP contribution in [0, 0.1) is 0 Å². The van der Waals surface area contributed by atoms with Gasteiger partial charge in [0.25, 0.3) is 0 Å². The summed E-state index contributed by atoms with van der Waals surface area (Å²) in [6.45, 7) is 2.38. The van der Waals surface area contributed by atoms with Crippen molar-refractivity contribution < 1.29 is 4.74 Å². The molecule has 1 unspecified atom stereocenters. The molecule has 100 valence electrons. The van der Waals surface area contributed by atoms with Crippen LogP contribution in [0.15, 0.2) is 29.0 Å². The van der Waals surface area contributed by atoms with Crippen molar-refractivity contribution in [3.05, 3.63) is 29.0 Å². The summed E-state index contributed by atoms with van der Waals surface area (Å²) in [5.41, 5.74) is 2.98. The second-order valence-corrected chi connectivity index (χ2v) is 5.99. The summed E-state index contributed by atoms with van der Waals surface area (Å²) in [6, 6.07) is 4.37. The van der Waals surface area contributed by atoms with E-state index >= 15 is 0 Å². The zero-order valence-corrected chi connectivity index (χ0v) is 13.4. The number of ether oxygens (including phenoxy) is 1. The molecule has 3 heterocycles. The maximum absolute atomic E-state index is 5.54. The monoisotopic (exact) mass is 385 g/mol. The normalized spacial score (nSPS) is 19.9. The van der Waals surface area contributed by atoms with Gasteiger partial charge in [0.05, 0.1) is 30.5 Å². The lowest BCUT2D eigenvalue weighted by Gasteiger charge is -2.36. The van der Waals surface area contributed by atoms with Crippen molar-refractivity contribution in [2.24, 2.45) is 0 Å². The van der Waals surface area contributed by atoms with Crippen molar-refractivity contribution in [1.29, 1.82) is 0 Å². The lowest BCUT2D eigenvalue weighted by molar-refractivity contribution is 0.101. The van der Waals surface area contributed by atoms with Gasteiger partial charge in [0.15, 0.2) is 0 Å². The van der Waals surface area contributed by atoms with E-state index in [1.807, 2.05) is 24.5 Å². The van der Waals surface area contributed by atoms with Gasteiger partial charge < -0.3 is 9.64 Å². The predicted molar refractivity (Wildman–Crippen MR) is 83.0 cm³/mol. The third kappa shape index (κ3) is 2.61. The summed E-state index contributed by atoms with van der Waals surface area (Å²) in [4.78, 5) is 11.3. The molecule has 1 saturated heterocycles. The van der Waals surface area contributed by atoms with E-state index in [2.05, 4.69) is 46.7 Å². The van der Waals surface area contributed by atoms with Crippen LogP contribution in [0.3, 0.4) is 0 Å². The highest BCUT2D eigenvalue weighted by atomic mass is 79.9. The lowest BCUT2D eigenvalue weighted by atomic mass is 10.2. The molecule has 0 spiro atoms. The van der Waals surface area contributed by atoms with Crippen LogP contribution in [0.2, 0.25) is 0 Å². The number of aromatic nitrogens is 2. The van der Waals surface area contributed by atoms with Crippen molar-refractivity contribution >= 4 is 48.6 Å². The highest BCUT2D eigenvalue weighted by molar-refractivity contribution is 9.10. The number of rotatable bonds is 2. The van der Waals surface area contributed by atoms with E-state index in [0.29, 0.717) is 6.04 Å². The molecule has 1 atom stereocenters. The number of halogens is 2. The van der Waals surface area contributed by atoms with Crippen molar-refractivity contribution in [3.63, 3.8) is 0 Å². The number of anilines is 1. The van der Waals surface area contributed by atoms with Gasteiger partial charge in [-0.1, -0.05) is 15.9 Å². The van der Waals surface area contributed by atoms with E-state index in [0.717, 1.165) is 46.3 Å². The van der Waals surface area contributed by atoms with Crippen LogP contribution in [-0.2, 0) is 4.74 Å². The Morgan fingerprint density at radius 3 is 3.16 bits per heavy atom. The summed E-state index contributed by atoms with van der Waals surface area (Å²) >= 11 is 6.99. The number of morpholine rings is 1. The molecular formula is C13H13Br2N3O. The molecule has 0 amide bonds. The Hall–Kier alpha value is -0.720. The predicted octanol–water partition coefficient (Wildman–Crippen LogP) is 2.99. The molecule has 6 heteroatoms. The van der Waals surface area contributed by atoms with Crippen LogP contribution in [-0.4, -0.2) is 41.1 Å². The van der Waals surface area contributed by atoms with E-state index in [1.165, 1.54) is 0 Å². The first-order valence-electron chi connectivity index (χ1n) is 6.10. The van der Waals surface area contributed by atoms with E-state index in [9.17, 15) is 0 Å². The second-order valence-electron chi connectivity index (χ2n) is 4.43. The molecule has 4 nitrogen and oxygen atoms in total.